The summed E-state index contributed by atoms with van der Waals surface area (Å²) in [5.41, 5.74) is 5.54. The first kappa shape index (κ1) is 23.2. The van der Waals surface area contributed by atoms with Crippen molar-refractivity contribution >= 4 is 8.07 Å². The van der Waals surface area contributed by atoms with Gasteiger partial charge in [-0.3, -0.25) is 0 Å². The molecule has 1 nitrogen and oxygen atoms in total. The Kier molecular flexibility index (Phi) is 17.1. The van der Waals surface area contributed by atoms with Crippen molar-refractivity contribution in [1.29, 1.82) is 0 Å². The van der Waals surface area contributed by atoms with Crippen molar-refractivity contribution < 1.29 is 0 Å². The molecule has 0 unspecified atom stereocenters. The topological polar surface area (TPSA) is 26.0 Å². The molecule has 0 aromatic heterocycles. The lowest BCUT2D eigenvalue weighted by molar-refractivity contribution is 0.561. The number of hydrogen-bond donors (Lipinski definition) is 1. The van der Waals surface area contributed by atoms with Crippen LogP contribution in [0.2, 0.25) is 25.2 Å². The molecule has 2 N–H and O–H groups in total. The van der Waals surface area contributed by atoms with Crippen molar-refractivity contribution in [2.24, 2.45) is 5.73 Å². The van der Waals surface area contributed by atoms with E-state index in [0.717, 1.165) is 6.54 Å². The second-order valence-corrected chi connectivity index (χ2v) is 13.7. The molecule has 0 radical (unpaired) electrons. The molecule has 0 atom stereocenters. The van der Waals surface area contributed by atoms with Gasteiger partial charge in [-0.1, -0.05) is 122 Å². The van der Waals surface area contributed by atoms with Crippen LogP contribution in [0.4, 0.5) is 0 Å². The van der Waals surface area contributed by atoms with Crippen molar-refractivity contribution in [2.45, 2.75) is 128 Å². The monoisotopic (exact) mass is 341 g/mol. The molecule has 0 aromatic rings. The molecular weight excluding hydrogens is 294 g/mol. The van der Waals surface area contributed by atoms with Crippen molar-refractivity contribution in [3.8, 4) is 0 Å². The molecule has 0 bridgehead atoms. The normalized spacial score (nSPS) is 12.0. The van der Waals surface area contributed by atoms with Crippen LogP contribution in [0.15, 0.2) is 0 Å². The lowest BCUT2D eigenvalue weighted by Gasteiger charge is -2.22. The predicted molar refractivity (Wildman–Crippen MR) is 111 cm³/mol. The van der Waals surface area contributed by atoms with Crippen LogP contribution in [0.5, 0.6) is 0 Å². The van der Waals surface area contributed by atoms with Gasteiger partial charge in [0.2, 0.25) is 0 Å². The molecule has 0 aliphatic heterocycles. The fraction of sp³-hybridized carbons (Fsp3) is 1.00. The molecule has 0 saturated carbocycles. The third-order valence-corrected chi connectivity index (χ3v) is 8.68. The van der Waals surface area contributed by atoms with E-state index in [2.05, 4.69) is 20.0 Å². The number of hydrogen-bond acceptors (Lipinski definition) is 1. The Morgan fingerprint density at radius 1 is 0.522 bits per heavy atom. The maximum absolute atomic E-state index is 5.54. The van der Waals surface area contributed by atoms with Crippen LogP contribution in [0.1, 0.15) is 103 Å². The molecule has 0 heterocycles. The van der Waals surface area contributed by atoms with E-state index in [1.807, 2.05) is 0 Å². The van der Waals surface area contributed by atoms with E-state index in [0.29, 0.717) is 0 Å². The molecule has 23 heavy (non-hydrogen) atoms. The molecule has 0 fully saturated rings. The molecule has 0 aromatic carbocycles. The van der Waals surface area contributed by atoms with Crippen molar-refractivity contribution in [1.82, 2.24) is 0 Å². The minimum atomic E-state index is -0.887. The SMILES string of the molecule is CCCCCCCCCCCC[Si](C)(C)CCCCCCCN. The van der Waals surface area contributed by atoms with Crippen molar-refractivity contribution in [2.75, 3.05) is 6.54 Å². The largest absolute Gasteiger partial charge is 0.330 e. The van der Waals surface area contributed by atoms with Gasteiger partial charge in [0.25, 0.3) is 0 Å². The molecule has 2 heteroatoms. The summed E-state index contributed by atoms with van der Waals surface area (Å²) in [4.78, 5) is 0. The van der Waals surface area contributed by atoms with Crippen LogP contribution < -0.4 is 5.73 Å². The Hall–Kier alpha value is 0.177. The standard InChI is InChI=1S/C21H47NSi/c1-4-5-6-7-8-9-10-11-14-17-20-23(2,3)21-18-15-12-13-16-19-22/h4-22H2,1-3H3. The molecular formula is C21H47NSi. The quantitative estimate of drug-likeness (QED) is 0.202. The van der Waals surface area contributed by atoms with Gasteiger partial charge in [0, 0.05) is 8.07 Å². The summed E-state index contributed by atoms with van der Waals surface area (Å²) in [5, 5.41) is 0. The zero-order valence-electron chi connectivity index (χ0n) is 16.8. The smallest absolute Gasteiger partial charge is 0.0473 e. The average molecular weight is 342 g/mol. The highest BCUT2D eigenvalue weighted by molar-refractivity contribution is 6.77. The Morgan fingerprint density at radius 2 is 0.870 bits per heavy atom. The summed E-state index contributed by atoms with van der Waals surface area (Å²) in [7, 11) is -0.887. The first-order chi connectivity index (χ1) is 11.1. The van der Waals surface area contributed by atoms with Crippen LogP contribution >= 0.6 is 0 Å². The molecule has 0 aliphatic rings. The highest BCUT2D eigenvalue weighted by Crippen LogP contribution is 2.23. The first-order valence-electron chi connectivity index (χ1n) is 10.8. The lowest BCUT2D eigenvalue weighted by Crippen LogP contribution is -2.24. The van der Waals surface area contributed by atoms with Gasteiger partial charge in [0.15, 0.2) is 0 Å². The minimum absolute atomic E-state index is 0.874. The van der Waals surface area contributed by atoms with E-state index in [-0.39, 0.29) is 0 Å². The van der Waals surface area contributed by atoms with Crippen LogP contribution in [-0.4, -0.2) is 14.6 Å². The van der Waals surface area contributed by atoms with Gasteiger partial charge in [0.1, 0.15) is 0 Å². The van der Waals surface area contributed by atoms with Gasteiger partial charge >= 0.3 is 0 Å². The molecule has 0 amide bonds. The van der Waals surface area contributed by atoms with Crippen LogP contribution in [0.25, 0.3) is 0 Å². The Labute approximate surface area is 149 Å². The van der Waals surface area contributed by atoms with Crippen LogP contribution in [0.3, 0.4) is 0 Å². The fourth-order valence-electron chi connectivity index (χ4n) is 3.49. The van der Waals surface area contributed by atoms with Crippen molar-refractivity contribution in [3.05, 3.63) is 0 Å². The Bertz CT molecular complexity index is 228. The third kappa shape index (κ3) is 18.4. The van der Waals surface area contributed by atoms with Gasteiger partial charge in [-0.2, -0.15) is 0 Å². The van der Waals surface area contributed by atoms with Crippen molar-refractivity contribution in [3.63, 3.8) is 0 Å². The summed E-state index contributed by atoms with van der Waals surface area (Å²) in [6.07, 6.45) is 21.5. The highest BCUT2D eigenvalue weighted by atomic mass is 28.3. The predicted octanol–water partition coefficient (Wildman–Crippen LogP) is 7.52. The van der Waals surface area contributed by atoms with E-state index in [4.69, 9.17) is 5.73 Å². The number of nitrogens with two attached hydrogens (primary N) is 1. The second-order valence-electron chi connectivity index (χ2n) is 8.40. The zero-order valence-corrected chi connectivity index (χ0v) is 17.8. The number of unbranched alkanes of at least 4 members (excludes halogenated alkanes) is 13. The Morgan fingerprint density at radius 3 is 1.26 bits per heavy atom. The van der Waals surface area contributed by atoms with Gasteiger partial charge in [-0.25, -0.2) is 0 Å². The molecule has 140 valence electrons. The summed E-state index contributed by atoms with van der Waals surface area (Å²) >= 11 is 0. The third-order valence-electron chi connectivity index (χ3n) is 5.26. The van der Waals surface area contributed by atoms with Gasteiger partial charge in [-0.15, -0.1) is 0 Å². The average Bonchev–Trinajstić information content (AvgIpc) is 2.52. The Balaban J connectivity index is 3.31. The fourth-order valence-corrected chi connectivity index (χ4v) is 6.16. The summed E-state index contributed by atoms with van der Waals surface area (Å²) in [5.74, 6) is 0. The summed E-state index contributed by atoms with van der Waals surface area (Å²) in [6.45, 7) is 8.40. The lowest BCUT2D eigenvalue weighted by atomic mass is 10.1. The molecule has 0 saturated heterocycles. The maximum Gasteiger partial charge on any atom is 0.0473 e. The maximum atomic E-state index is 5.54. The van der Waals surface area contributed by atoms with Gasteiger partial charge < -0.3 is 5.73 Å². The highest BCUT2D eigenvalue weighted by Gasteiger charge is 2.18. The molecule has 0 rings (SSSR count). The molecule has 0 aliphatic carbocycles. The zero-order chi connectivity index (χ0) is 17.2. The van der Waals surface area contributed by atoms with Crippen LogP contribution in [-0.2, 0) is 0 Å². The summed E-state index contributed by atoms with van der Waals surface area (Å²) in [6, 6.07) is 3.11. The minimum Gasteiger partial charge on any atom is -0.330 e. The van der Waals surface area contributed by atoms with E-state index in [9.17, 15) is 0 Å². The van der Waals surface area contributed by atoms with E-state index >= 15 is 0 Å². The molecule has 0 spiro atoms. The van der Waals surface area contributed by atoms with Gasteiger partial charge in [0.05, 0.1) is 0 Å². The van der Waals surface area contributed by atoms with Gasteiger partial charge in [-0.05, 0) is 13.0 Å². The van der Waals surface area contributed by atoms with Crippen LogP contribution in [0, 0.1) is 0 Å². The van der Waals surface area contributed by atoms with E-state index in [1.54, 1.807) is 12.1 Å². The first-order valence-corrected chi connectivity index (χ1v) is 14.2. The van der Waals surface area contributed by atoms with E-state index in [1.165, 1.54) is 96.3 Å². The van der Waals surface area contributed by atoms with E-state index < -0.39 is 8.07 Å². The number of rotatable bonds is 18. The summed E-state index contributed by atoms with van der Waals surface area (Å²) < 4.78 is 0. The second kappa shape index (κ2) is 17.0.